The van der Waals surface area contributed by atoms with Crippen LogP contribution in [0.3, 0.4) is 0 Å². The number of nitrogens with zero attached hydrogens (tertiary/aromatic N) is 3. The van der Waals surface area contributed by atoms with Crippen molar-refractivity contribution >= 4 is 45.4 Å². The SMILES string of the molecule is Cc1cc(N2CCCC(N(C)C)C2)nc2ccc(NC(=O)C=Cc3cc4ccccc4o3)cc12. The summed E-state index contributed by atoms with van der Waals surface area (Å²) in [5.41, 5.74) is 3.65. The van der Waals surface area contributed by atoms with Gasteiger partial charge in [-0.15, -0.1) is 0 Å². The quantitative estimate of drug-likeness (QED) is 0.405. The van der Waals surface area contributed by atoms with E-state index in [1.54, 1.807) is 6.08 Å². The number of carbonyl (C=O) groups excluding carboxylic acids is 1. The van der Waals surface area contributed by atoms with E-state index in [0.717, 1.165) is 52.0 Å². The van der Waals surface area contributed by atoms with Crippen molar-refractivity contribution in [2.24, 2.45) is 0 Å². The second-order valence-corrected chi connectivity index (χ2v) is 9.24. The standard InChI is InChI=1S/C28H30N4O2/c1-19-15-27(32-14-6-8-22(18-32)31(2)3)30-25-12-10-21(17-24(19)25)29-28(33)13-11-23-16-20-7-4-5-9-26(20)34-23/h4-5,7,9-13,15-17,22H,6,8,14,18H2,1-3H3,(H,29,33). The summed E-state index contributed by atoms with van der Waals surface area (Å²) in [7, 11) is 4.30. The van der Waals surface area contributed by atoms with Gasteiger partial charge in [0.05, 0.1) is 5.52 Å². The van der Waals surface area contributed by atoms with Crippen LogP contribution in [0, 0.1) is 6.92 Å². The summed E-state index contributed by atoms with van der Waals surface area (Å²) in [5, 5.41) is 5.01. The molecule has 0 spiro atoms. The van der Waals surface area contributed by atoms with E-state index in [1.807, 2.05) is 48.5 Å². The highest BCUT2D eigenvalue weighted by Crippen LogP contribution is 2.27. The van der Waals surface area contributed by atoms with Gasteiger partial charge in [-0.3, -0.25) is 4.79 Å². The number of aromatic nitrogens is 1. The minimum atomic E-state index is -0.204. The highest BCUT2D eigenvalue weighted by atomic mass is 16.3. The number of carbonyl (C=O) groups is 1. The van der Waals surface area contributed by atoms with Crippen LogP contribution in [0.4, 0.5) is 11.5 Å². The van der Waals surface area contributed by atoms with Crippen molar-refractivity contribution in [3.05, 3.63) is 72.0 Å². The largest absolute Gasteiger partial charge is 0.457 e. The first kappa shape index (κ1) is 22.2. The predicted octanol–water partition coefficient (Wildman–Crippen LogP) is 5.47. The van der Waals surface area contributed by atoms with Gasteiger partial charge in [0.25, 0.3) is 0 Å². The van der Waals surface area contributed by atoms with Crippen LogP contribution in [-0.4, -0.2) is 49.0 Å². The van der Waals surface area contributed by atoms with Crippen molar-refractivity contribution in [1.29, 1.82) is 0 Å². The number of likely N-dealkylation sites (N-methyl/N-ethyl adjacent to an activating group) is 1. The molecule has 4 aromatic rings. The zero-order valence-corrected chi connectivity index (χ0v) is 19.9. The van der Waals surface area contributed by atoms with Gasteiger partial charge in [0.2, 0.25) is 5.91 Å². The highest BCUT2D eigenvalue weighted by molar-refractivity contribution is 6.03. The summed E-state index contributed by atoms with van der Waals surface area (Å²) in [6, 6.07) is 18.3. The molecule has 1 amide bonds. The number of hydrogen-bond donors (Lipinski definition) is 1. The van der Waals surface area contributed by atoms with Crippen LogP contribution in [0.25, 0.3) is 27.9 Å². The van der Waals surface area contributed by atoms with E-state index in [1.165, 1.54) is 18.9 Å². The van der Waals surface area contributed by atoms with Gasteiger partial charge < -0.3 is 19.5 Å². The molecule has 1 N–H and O–H groups in total. The minimum absolute atomic E-state index is 0.204. The topological polar surface area (TPSA) is 61.6 Å². The van der Waals surface area contributed by atoms with Crippen molar-refractivity contribution in [1.82, 2.24) is 9.88 Å². The van der Waals surface area contributed by atoms with Gasteiger partial charge in [0, 0.05) is 41.7 Å². The number of para-hydroxylation sites is 1. The highest BCUT2D eigenvalue weighted by Gasteiger charge is 2.22. The van der Waals surface area contributed by atoms with Crippen LogP contribution in [0.2, 0.25) is 0 Å². The lowest BCUT2D eigenvalue weighted by Crippen LogP contribution is -2.45. The molecule has 0 aliphatic carbocycles. The smallest absolute Gasteiger partial charge is 0.248 e. The molecule has 5 rings (SSSR count). The summed E-state index contributed by atoms with van der Waals surface area (Å²) >= 11 is 0. The molecule has 0 bridgehead atoms. The maximum atomic E-state index is 12.5. The average Bonchev–Trinajstić information content (AvgIpc) is 3.26. The fourth-order valence-electron chi connectivity index (χ4n) is 4.63. The summed E-state index contributed by atoms with van der Waals surface area (Å²) in [6.45, 7) is 4.14. The van der Waals surface area contributed by atoms with Crippen molar-refractivity contribution in [2.75, 3.05) is 37.4 Å². The molecule has 6 nitrogen and oxygen atoms in total. The van der Waals surface area contributed by atoms with Crippen molar-refractivity contribution in [3.8, 4) is 0 Å². The van der Waals surface area contributed by atoms with Crippen LogP contribution in [-0.2, 0) is 4.79 Å². The molecule has 2 aromatic carbocycles. The van der Waals surface area contributed by atoms with Crippen molar-refractivity contribution < 1.29 is 9.21 Å². The van der Waals surface area contributed by atoms with Gasteiger partial charge in [-0.2, -0.15) is 0 Å². The Kier molecular flexibility index (Phi) is 6.07. The van der Waals surface area contributed by atoms with Gasteiger partial charge in [0.15, 0.2) is 0 Å². The molecule has 174 valence electrons. The Labute approximate surface area is 199 Å². The Morgan fingerprint density at radius 2 is 2.03 bits per heavy atom. The van der Waals surface area contributed by atoms with E-state index in [9.17, 15) is 4.79 Å². The van der Waals surface area contributed by atoms with E-state index in [4.69, 9.17) is 9.40 Å². The van der Waals surface area contributed by atoms with E-state index in [0.29, 0.717) is 11.8 Å². The number of furan rings is 1. The van der Waals surface area contributed by atoms with Crippen LogP contribution in [0.5, 0.6) is 0 Å². The number of nitrogens with one attached hydrogen (secondary N) is 1. The maximum Gasteiger partial charge on any atom is 0.248 e. The Hall–Kier alpha value is -3.64. The Morgan fingerprint density at radius 3 is 2.85 bits per heavy atom. The van der Waals surface area contributed by atoms with Gasteiger partial charge in [-0.1, -0.05) is 18.2 Å². The molecule has 3 heterocycles. The first-order valence-electron chi connectivity index (χ1n) is 11.8. The number of fused-ring (bicyclic) bond motifs is 2. The van der Waals surface area contributed by atoms with E-state index in [2.05, 4.69) is 42.2 Å². The molecular weight excluding hydrogens is 424 g/mol. The van der Waals surface area contributed by atoms with Gasteiger partial charge in [-0.25, -0.2) is 4.98 Å². The molecule has 1 saturated heterocycles. The molecule has 0 radical (unpaired) electrons. The molecule has 2 aromatic heterocycles. The van der Waals surface area contributed by atoms with E-state index >= 15 is 0 Å². The molecule has 1 aliphatic rings. The maximum absolute atomic E-state index is 12.5. The van der Waals surface area contributed by atoms with Crippen molar-refractivity contribution in [3.63, 3.8) is 0 Å². The molecule has 34 heavy (non-hydrogen) atoms. The third-order valence-electron chi connectivity index (χ3n) is 6.56. The molecule has 1 unspecified atom stereocenters. The van der Waals surface area contributed by atoms with Gasteiger partial charge in [-0.05, 0) is 81.9 Å². The second kappa shape index (κ2) is 9.31. The van der Waals surface area contributed by atoms with Crippen LogP contribution >= 0.6 is 0 Å². The lowest BCUT2D eigenvalue weighted by atomic mass is 10.0. The van der Waals surface area contributed by atoms with E-state index in [-0.39, 0.29) is 5.91 Å². The third-order valence-corrected chi connectivity index (χ3v) is 6.56. The summed E-state index contributed by atoms with van der Waals surface area (Å²) in [5.74, 6) is 1.48. The Bertz CT molecular complexity index is 1340. The second-order valence-electron chi connectivity index (χ2n) is 9.24. The normalized spacial score (nSPS) is 16.7. The number of aryl methyl sites for hydroxylation is 1. The molecular formula is C28H30N4O2. The minimum Gasteiger partial charge on any atom is -0.457 e. The number of hydrogen-bond acceptors (Lipinski definition) is 5. The molecule has 6 heteroatoms. The average molecular weight is 455 g/mol. The fourth-order valence-corrected chi connectivity index (χ4v) is 4.63. The predicted molar refractivity (Wildman–Crippen MR) is 139 cm³/mol. The number of amides is 1. The number of pyridine rings is 1. The summed E-state index contributed by atoms with van der Waals surface area (Å²) in [6.07, 6.45) is 5.58. The molecule has 0 saturated carbocycles. The first-order chi connectivity index (χ1) is 16.5. The fraction of sp³-hybridized carbons (Fsp3) is 0.286. The molecule has 1 atom stereocenters. The van der Waals surface area contributed by atoms with Crippen molar-refractivity contribution in [2.45, 2.75) is 25.8 Å². The monoisotopic (exact) mass is 454 g/mol. The number of rotatable bonds is 5. The zero-order valence-electron chi connectivity index (χ0n) is 19.9. The Morgan fingerprint density at radius 1 is 1.18 bits per heavy atom. The summed E-state index contributed by atoms with van der Waals surface area (Å²) < 4.78 is 5.74. The lowest BCUT2D eigenvalue weighted by molar-refractivity contribution is -0.111. The van der Waals surface area contributed by atoms with Gasteiger partial charge >= 0.3 is 0 Å². The first-order valence-corrected chi connectivity index (χ1v) is 11.8. The lowest BCUT2D eigenvalue weighted by Gasteiger charge is -2.37. The molecule has 1 aliphatic heterocycles. The van der Waals surface area contributed by atoms with Gasteiger partial charge in [0.1, 0.15) is 17.2 Å². The van der Waals surface area contributed by atoms with Crippen LogP contribution in [0.15, 0.2) is 65.1 Å². The third kappa shape index (κ3) is 4.68. The summed E-state index contributed by atoms with van der Waals surface area (Å²) in [4.78, 5) is 22.1. The molecule has 1 fully saturated rings. The Balaban J connectivity index is 1.31. The van der Waals surface area contributed by atoms with Crippen LogP contribution in [0.1, 0.15) is 24.2 Å². The van der Waals surface area contributed by atoms with Crippen LogP contribution < -0.4 is 10.2 Å². The number of benzene rings is 2. The van der Waals surface area contributed by atoms with E-state index < -0.39 is 0 Å². The zero-order chi connectivity index (χ0) is 23.7. The number of anilines is 2. The number of piperidine rings is 1.